The number of hydrogen-bond acceptors (Lipinski definition) is 3. The Morgan fingerprint density at radius 3 is 2.25 bits per heavy atom. The van der Waals surface area contributed by atoms with Gasteiger partial charge in [0, 0.05) is 13.1 Å². The molecule has 0 atom stereocenters. The molecule has 1 aromatic rings. The Kier molecular flexibility index (Phi) is 5.57. The van der Waals surface area contributed by atoms with Crippen LogP contribution >= 0.6 is 0 Å². The van der Waals surface area contributed by atoms with Crippen LogP contribution < -0.4 is 4.74 Å². The molecule has 0 heterocycles. The van der Waals surface area contributed by atoms with E-state index in [1.165, 1.54) is 0 Å². The monoisotopic (exact) mass is 279 g/mol. The number of carbonyl (C=O) groups is 1. The van der Waals surface area contributed by atoms with E-state index in [0.29, 0.717) is 18.8 Å². The second-order valence-corrected chi connectivity index (χ2v) is 5.83. The summed E-state index contributed by atoms with van der Waals surface area (Å²) < 4.78 is 5.55. The van der Waals surface area contributed by atoms with E-state index in [2.05, 4.69) is 6.07 Å². The van der Waals surface area contributed by atoms with Gasteiger partial charge in [-0.2, -0.15) is 0 Å². The van der Waals surface area contributed by atoms with Crippen molar-refractivity contribution in [3.05, 3.63) is 29.3 Å². The zero-order chi connectivity index (χ0) is 15.3. The van der Waals surface area contributed by atoms with Crippen molar-refractivity contribution in [1.82, 2.24) is 4.90 Å². The maximum Gasteiger partial charge on any atom is 0.260 e. The topological polar surface area (TPSA) is 49.8 Å². The van der Waals surface area contributed by atoms with Gasteiger partial charge in [0.1, 0.15) is 5.75 Å². The van der Waals surface area contributed by atoms with Crippen molar-refractivity contribution in [3.63, 3.8) is 0 Å². The highest BCUT2D eigenvalue weighted by Gasteiger charge is 2.21. The quantitative estimate of drug-likeness (QED) is 0.869. The number of aryl methyl sites for hydroxylation is 2. The lowest BCUT2D eigenvalue weighted by Crippen LogP contribution is -2.44. The Balaban J connectivity index is 2.61. The van der Waals surface area contributed by atoms with Gasteiger partial charge < -0.3 is 14.7 Å². The predicted octanol–water partition coefficient (Wildman–Crippen LogP) is 2.30. The highest BCUT2D eigenvalue weighted by Crippen LogP contribution is 2.16. The maximum absolute atomic E-state index is 12.1. The SMILES string of the molecule is CCN(CC(C)(C)O)C(=O)COc1cc(C)cc(C)c1. The van der Waals surface area contributed by atoms with Crippen LogP contribution in [0.5, 0.6) is 5.75 Å². The lowest BCUT2D eigenvalue weighted by atomic mass is 10.1. The molecule has 0 unspecified atom stereocenters. The van der Waals surface area contributed by atoms with Crippen molar-refractivity contribution >= 4 is 5.91 Å². The van der Waals surface area contributed by atoms with Crippen molar-refractivity contribution in [1.29, 1.82) is 0 Å². The Labute approximate surface area is 121 Å². The first kappa shape index (κ1) is 16.5. The van der Waals surface area contributed by atoms with Gasteiger partial charge in [-0.05, 0) is 57.9 Å². The molecule has 0 fully saturated rings. The largest absolute Gasteiger partial charge is 0.484 e. The Morgan fingerprint density at radius 2 is 1.80 bits per heavy atom. The minimum atomic E-state index is -0.897. The molecule has 0 bridgehead atoms. The minimum Gasteiger partial charge on any atom is -0.484 e. The van der Waals surface area contributed by atoms with Crippen LogP contribution in [0.4, 0.5) is 0 Å². The van der Waals surface area contributed by atoms with E-state index in [4.69, 9.17) is 4.74 Å². The summed E-state index contributed by atoms with van der Waals surface area (Å²) >= 11 is 0. The molecule has 0 aromatic heterocycles. The van der Waals surface area contributed by atoms with Gasteiger partial charge in [-0.15, -0.1) is 0 Å². The van der Waals surface area contributed by atoms with Gasteiger partial charge in [-0.25, -0.2) is 0 Å². The minimum absolute atomic E-state index is 0.00713. The fourth-order valence-corrected chi connectivity index (χ4v) is 2.10. The number of amides is 1. The third kappa shape index (κ3) is 5.61. The first-order chi connectivity index (χ1) is 9.21. The summed E-state index contributed by atoms with van der Waals surface area (Å²) in [6.07, 6.45) is 0. The molecule has 0 radical (unpaired) electrons. The van der Waals surface area contributed by atoms with Crippen LogP contribution in [0.15, 0.2) is 18.2 Å². The van der Waals surface area contributed by atoms with Gasteiger partial charge >= 0.3 is 0 Å². The van der Waals surface area contributed by atoms with Crippen molar-refractivity contribution in [2.75, 3.05) is 19.7 Å². The smallest absolute Gasteiger partial charge is 0.260 e. The van der Waals surface area contributed by atoms with Gasteiger partial charge in [0.15, 0.2) is 6.61 Å². The second-order valence-electron chi connectivity index (χ2n) is 5.83. The summed E-state index contributed by atoms with van der Waals surface area (Å²) in [5.41, 5.74) is 1.32. The van der Waals surface area contributed by atoms with Crippen LogP contribution in [0.25, 0.3) is 0 Å². The molecule has 4 heteroatoms. The molecule has 0 aliphatic carbocycles. The average Bonchev–Trinajstić information content (AvgIpc) is 2.30. The molecule has 1 amide bonds. The number of ether oxygens (including phenoxy) is 1. The van der Waals surface area contributed by atoms with Gasteiger partial charge in [0.05, 0.1) is 5.60 Å². The predicted molar refractivity (Wildman–Crippen MR) is 80.0 cm³/mol. The van der Waals surface area contributed by atoms with Crippen LogP contribution in [0.1, 0.15) is 31.9 Å². The highest BCUT2D eigenvalue weighted by molar-refractivity contribution is 5.77. The molecule has 4 nitrogen and oxygen atoms in total. The van der Waals surface area contributed by atoms with Crippen LogP contribution in [0.2, 0.25) is 0 Å². The number of rotatable bonds is 6. The molecule has 20 heavy (non-hydrogen) atoms. The molecular weight excluding hydrogens is 254 g/mol. The molecule has 1 N–H and O–H groups in total. The van der Waals surface area contributed by atoms with Crippen LogP contribution in [-0.2, 0) is 4.79 Å². The van der Waals surface area contributed by atoms with Gasteiger partial charge in [0.25, 0.3) is 5.91 Å². The van der Waals surface area contributed by atoms with E-state index in [1.54, 1.807) is 18.7 Å². The summed E-state index contributed by atoms with van der Waals surface area (Å²) in [5, 5.41) is 9.79. The average molecular weight is 279 g/mol. The lowest BCUT2D eigenvalue weighted by Gasteiger charge is -2.28. The summed E-state index contributed by atoms with van der Waals surface area (Å²) in [7, 11) is 0. The third-order valence-electron chi connectivity index (χ3n) is 2.87. The second kappa shape index (κ2) is 6.75. The van der Waals surface area contributed by atoms with E-state index in [1.807, 2.05) is 32.9 Å². The van der Waals surface area contributed by atoms with E-state index >= 15 is 0 Å². The fraction of sp³-hybridized carbons (Fsp3) is 0.562. The molecule has 0 saturated carbocycles. The first-order valence-electron chi connectivity index (χ1n) is 6.92. The Bertz CT molecular complexity index is 443. The first-order valence-corrected chi connectivity index (χ1v) is 6.92. The molecule has 1 aromatic carbocycles. The molecule has 0 aliphatic heterocycles. The molecule has 0 saturated heterocycles. The summed E-state index contributed by atoms with van der Waals surface area (Å²) in [6.45, 7) is 10.1. The Hall–Kier alpha value is -1.55. The van der Waals surface area contributed by atoms with Gasteiger partial charge in [-0.1, -0.05) is 6.07 Å². The van der Waals surface area contributed by atoms with Crippen molar-refractivity contribution in [2.24, 2.45) is 0 Å². The number of carbonyl (C=O) groups excluding carboxylic acids is 1. The number of benzene rings is 1. The van der Waals surface area contributed by atoms with Crippen LogP contribution in [0.3, 0.4) is 0 Å². The van der Waals surface area contributed by atoms with E-state index in [0.717, 1.165) is 11.1 Å². The van der Waals surface area contributed by atoms with Crippen molar-refractivity contribution in [3.8, 4) is 5.75 Å². The lowest BCUT2D eigenvalue weighted by molar-refractivity contribution is -0.136. The van der Waals surface area contributed by atoms with E-state index in [9.17, 15) is 9.90 Å². The zero-order valence-corrected chi connectivity index (χ0v) is 13.1. The molecular formula is C16H25NO3. The Morgan fingerprint density at radius 1 is 1.25 bits per heavy atom. The molecule has 1 rings (SSSR count). The van der Waals surface area contributed by atoms with Gasteiger partial charge in [-0.3, -0.25) is 4.79 Å². The standard InChI is InChI=1S/C16H25NO3/c1-6-17(11-16(4,5)19)15(18)10-20-14-8-12(2)7-13(3)9-14/h7-9,19H,6,10-11H2,1-5H3. The number of likely N-dealkylation sites (N-methyl/N-ethyl adjacent to an activating group) is 1. The van der Waals surface area contributed by atoms with Crippen molar-refractivity contribution in [2.45, 2.75) is 40.2 Å². The number of aliphatic hydroxyl groups is 1. The third-order valence-corrected chi connectivity index (χ3v) is 2.87. The van der Waals surface area contributed by atoms with E-state index in [-0.39, 0.29) is 12.5 Å². The summed E-state index contributed by atoms with van der Waals surface area (Å²) in [5.74, 6) is 0.587. The highest BCUT2D eigenvalue weighted by atomic mass is 16.5. The normalized spacial score (nSPS) is 11.3. The molecule has 112 valence electrons. The van der Waals surface area contributed by atoms with Crippen molar-refractivity contribution < 1.29 is 14.6 Å². The van der Waals surface area contributed by atoms with E-state index < -0.39 is 5.60 Å². The molecule has 0 spiro atoms. The van der Waals surface area contributed by atoms with Crippen LogP contribution in [-0.4, -0.2) is 41.2 Å². The summed E-state index contributed by atoms with van der Waals surface area (Å²) in [6, 6.07) is 5.88. The maximum atomic E-state index is 12.1. The number of hydrogen-bond donors (Lipinski definition) is 1. The van der Waals surface area contributed by atoms with Gasteiger partial charge in [0.2, 0.25) is 0 Å². The molecule has 0 aliphatic rings. The fourth-order valence-electron chi connectivity index (χ4n) is 2.10. The number of nitrogens with zero attached hydrogens (tertiary/aromatic N) is 1. The van der Waals surface area contributed by atoms with Crippen LogP contribution in [0, 0.1) is 13.8 Å². The zero-order valence-electron chi connectivity index (χ0n) is 13.1. The summed E-state index contributed by atoms with van der Waals surface area (Å²) in [4.78, 5) is 13.7.